The molecule has 1 heterocycles. The Labute approximate surface area is 187 Å². The summed E-state index contributed by atoms with van der Waals surface area (Å²) in [5, 5.41) is 2.87. The molecule has 3 aromatic carbocycles. The average Bonchev–Trinajstić information content (AvgIpc) is 2.79. The molecule has 32 heavy (non-hydrogen) atoms. The molecular formula is C24H24N2O5S. The van der Waals surface area contributed by atoms with Crippen molar-refractivity contribution in [3.63, 3.8) is 0 Å². The van der Waals surface area contributed by atoms with Gasteiger partial charge in [0.2, 0.25) is 0 Å². The van der Waals surface area contributed by atoms with Crippen molar-refractivity contribution in [3.8, 4) is 11.5 Å². The SMILES string of the molecule is CC(C)c1cccc(NC(=O)c2ccc(NS(=O)(=O)c3ccc4c(c3)OCCO4)cc2)c1. The first-order chi connectivity index (χ1) is 15.3. The van der Waals surface area contributed by atoms with Crippen molar-refractivity contribution >= 4 is 27.3 Å². The van der Waals surface area contributed by atoms with E-state index >= 15 is 0 Å². The molecule has 1 amide bonds. The minimum Gasteiger partial charge on any atom is -0.486 e. The molecule has 2 N–H and O–H groups in total. The number of ether oxygens (including phenoxy) is 2. The van der Waals surface area contributed by atoms with Gasteiger partial charge in [-0.15, -0.1) is 0 Å². The van der Waals surface area contributed by atoms with E-state index in [9.17, 15) is 13.2 Å². The molecule has 166 valence electrons. The summed E-state index contributed by atoms with van der Waals surface area (Å²) in [6.45, 7) is 4.98. The van der Waals surface area contributed by atoms with Gasteiger partial charge in [0.05, 0.1) is 4.90 Å². The minimum atomic E-state index is -3.83. The first-order valence-electron chi connectivity index (χ1n) is 10.3. The summed E-state index contributed by atoms with van der Waals surface area (Å²) in [7, 11) is -3.83. The zero-order chi connectivity index (χ0) is 22.7. The van der Waals surface area contributed by atoms with E-state index in [1.54, 1.807) is 30.3 Å². The van der Waals surface area contributed by atoms with E-state index < -0.39 is 10.0 Å². The van der Waals surface area contributed by atoms with Gasteiger partial charge in [0.15, 0.2) is 11.5 Å². The number of sulfonamides is 1. The van der Waals surface area contributed by atoms with Gasteiger partial charge in [-0.2, -0.15) is 0 Å². The highest BCUT2D eigenvalue weighted by Crippen LogP contribution is 2.32. The minimum absolute atomic E-state index is 0.0635. The van der Waals surface area contributed by atoms with Crippen molar-refractivity contribution in [2.45, 2.75) is 24.7 Å². The molecule has 8 heteroatoms. The standard InChI is InChI=1S/C24H24N2O5S/c1-16(2)18-4-3-5-20(14-18)25-24(27)17-6-8-19(9-7-17)26-32(28,29)21-10-11-22-23(15-21)31-13-12-30-22/h3-11,14-16,26H,12-13H2,1-2H3,(H,25,27). The summed E-state index contributed by atoms with van der Waals surface area (Å²) in [5.41, 5.74) is 2.61. The van der Waals surface area contributed by atoms with Crippen LogP contribution in [0.3, 0.4) is 0 Å². The lowest BCUT2D eigenvalue weighted by Crippen LogP contribution is -2.17. The molecule has 7 nitrogen and oxygen atoms in total. The van der Waals surface area contributed by atoms with E-state index in [1.165, 1.54) is 12.1 Å². The highest BCUT2D eigenvalue weighted by Gasteiger charge is 2.19. The molecular weight excluding hydrogens is 428 g/mol. The topological polar surface area (TPSA) is 93.7 Å². The number of amides is 1. The predicted molar refractivity (Wildman–Crippen MR) is 123 cm³/mol. The van der Waals surface area contributed by atoms with Crippen molar-refractivity contribution in [3.05, 3.63) is 77.9 Å². The lowest BCUT2D eigenvalue weighted by Gasteiger charge is -2.19. The monoisotopic (exact) mass is 452 g/mol. The first-order valence-corrected chi connectivity index (χ1v) is 11.7. The van der Waals surface area contributed by atoms with Crippen LogP contribution in [0.2, 0.25) is 0 Å². The van der Waals surface area contributed by atoms with E-state index in [4.69, 9.17) is 9.47 Å². The molecule has 0 atom stereocenters. The number of carbonyl (C=O) groups excluding carboxylic acids is 1. The molecule has 0 aliphatic carbocycles. The molecule has 0 unspecified atom stereocenters. The third-order valence-electron chi connectivity index (χ3n) is 5.03. The van der Waals surface area contributed by atoms with Gasteiger partial charge in [-0.3, -0.25) is 9.52 Å². The van der Waals surface area contributed by atoms with Gasteiger partial charge < -0.3 is 14.8 Å². The maximum atomic E-state index is 12.7. The van der Waals surface area contributed by atoms with E-state index in [2.05, 4.69) is 23.9 Å². The van der Waals surface area contributed by atoms with Crippen molar-refractivity contribution in [1.82, 2.24) is 0 Å². The molecule has 0 bridgehead atoms. The quantitative estimate of drug-likeness (QED) is 0.569. The highest BCUT2D eigenvalue weighted by molar-refractivity contribution is 7.92. The first kappa shape index (κ1) is 21.7. The lowest BCUT2D eigenvalue weighted by atomic mass is 10.0. The molecule has 0 saturated heterocycles. The number of hydrogen-bond donors (Lipinski definition) is 2. The van der Waals surface area contributed by atoms with Crippen LogP contribution in [0.1, 0.15) is 35.7 Å². The normalized spacial score (nSPS) is 13.0. The van der Waals surface area contributed by atoms with Crippen LogP contribution in [-0.2, 0) is 10.0 Å². The van der Waals surface area contributed by atoms with Crippen LogP contribution >= 0.6 is 0 Å². The fraction of sp³-hybridized carbons (Fsp3) is 0.208. The van der Waals surface area contributed by atoms with Crippen LogP contribution < -0.4 is 19.5 Å². The van der Waals surface area contributed by atoms with Gasteiger partial charge in [-0.25, -0.2) is 8.42 Å². The lowest BCUT2D eigenvalue weighted by molar-refractivity contribution is 0.102. The molecule has 0 aromatic heterocycles. The molecule has 3 aromatic rings. The molecule has 1 aliphatic heterocycles. The van der Waals surface area contributed by atoms with Gasteiger partial charge in [0.25, 0.3) is 15.9 Å². The molecule has 0 fully saturated rings. The summed E-state index contributed by atoms with van der Waals surface area (Å²) >= 11 is 0. The second-order valence-electron chi connectivity index (χ2n) is 7.72. The van der Waals surface area contributed by atoms with Gasteiger partial charge >= 0.3 is 0 Å². The van der Waals surface area contributed by atoms with Gasteiger partial charge in [0.1, 0.15) is 13.2 Å². The Morgan fingerprint density at radius 1 is 0.875 bits per heavy atom. The van der Waals surface area contributed by atoms with Crippen LogP contribution in [0, 0.1) is 0 Å². The Kier molecular flexibility index (Phi) is 6.05. The third kappa shape index (κ3) is 4.86. The number of fused-ring (bicyclic) bond motifs is 1. The van der Waals surface area contributed by atoms with Crippen molar-refractivity contribution in [2.24, 2.45) is 0 Å². The second-order valence-corrected chi connectivity index (χ2v) is 9.41. The van der Waals surface area contributed by atoms with E-state index in [-0.39, 0.29) is 10.8 Å². The fourth-order valence-electron chi connectivity index (χ4n) is 3.27. The zero-order valence-corrected chi connectivity index (χ0v) is 18.6. The van der Waals surface area contributed by atoms with Gasteiger partial charge in [-0.05, 0) is 60.0 Å². The van der Waals surface area contributed by atoms with Crippen LogP contribution in [0.25, 0.3) is 0 Å². The number of anilines is 2. The Hall–Kier alpha value is -3.52. The van der Waals surface area contributed by atoms with Crippen LogP contribution in [0.4, 0.5) is 11.4 Å². The van der Waals surface area contributed by atoms with Crippen molar-refractivity contribution in [2.75, 3.05) is 23.3 Å². The summed E-state index contributed by atoms with van der Waals surface area (Å²) in [6, 6.07) is 18.4. The van der Waals surface area contributed by atoms with Gasteiger partial charge in [-0.1, -0.05) is 26.0 Å². The highest BCUT2D eigenvalue weighted by atomic mass is 32.2. The number of benzene rings is 3. The van der Waals surface area contributed by atoms with E-state index in [1.807, 2.05) is 24.3 Å². The number of carbonyl (C=O) groups is 1. The van der Waals surface area contributed by atoms with Crippen LogP contribution in [0.15, 0.2) is 71.6 Å². The summed E-state index contributed by atoms with van der Waals surface area (Å²) in [5.74, 6) is 0.998. The zero-order valence-electron chi connectivity index (χ0n) is 17.8. The largest absolute Gasteiger partial charge is 0.486 e. The molecule has 1 aliphatic rings. The molecule has 0 saturated carbocycles. The molecule has 0 radical (unpaired) electrons. The maximum Gasteiger partial charge on any atom is 0.262 e. The van der Waals surface area contributed by atoms with Gasteiger partial charge in [0, 0.05) is 23.0 Å². The summed E-state index contributed by atoms with van der Waals surface area (Å²) < 4.78 is 38.9. The number of hydrogen-bond acceptors (Lipinski definition) is 5. The summed E-state index contributed by atoms with van der Waals surface area (Å²) in [4.78, 5) is 12.6. The fourth-order valence-corrected chi connectivity index (χ4v) is 4.35. The Morgan fingerprint density at radius 3 is 2.31 bits per heavy atom. The molecule has 0 spiro atoms. The van der Waals surface area contributed by atoms with E-state index in [0.29, 0.717) is 47.6 Å². The Bertz CT molecular complexity index is 1240. The Morgan fingerprint density at radius 2 is 1.59 bits per heavy atom. The Balaban J connectivity index is 1.45. The third-order valence-corrected chi connectivity index (χ3v) is 6.41. The second kappa shape index (κ2) is 8.92. The van der Waals surface area contributed by atoms with Crippen LogP contribution in [-0.4, -0.2) is 27.5 Å². The van der Waals surface area contributed by atoms with Crippen LogP contribution in [0.5, 0.6) is 11.5 Å². The van der Waals surface area contributed by atoms with E-state index in [0.717, 1.165) is 5.56 Å². The summed E-state index contributed by atoms with van der Waals surface area (Å²) in [6.07, 6.45) is 0. The van der Waals surface area contributed by atoms with Crippen molar-refractivity contribution < 1.29 is 22.7 Å². The smallest absolute Gasteiger partial charge is 0.262 e. The number of nitrogens with one attached hydrogen (secondary N) is 2. The maximum absolute atomic E-state index is 12.7. The average molecular weight is 453 g/mol. The number of rotatable bonds is 6. The predicted octanol–water partition coefficient (Wildman–Crippen LogP) is 4.63. The molecule has 4 rings (SSSR count). The van der Waals surface area contributed by atoms with Crippen molar-refractivity contribution in [1.29, 1.82) is 0 Å².